The van der Waals surface area contributed by atoms with Crippen LogP contribution in [0.15, 0.2) is 30.3 Å². The molecule has 0 spiro atoms. The Balaban J connectivity index is 2.68. The van der Waals surface area contributed by atoms with Gasteiger partial charge in [-0.05, 0) is 42.3 Å². The second-order valence-corrected chi connectivity index (χ2v) is 3.01. The molecule has 74 valence electrons. The quantitative estimate of drug-likeness (QED) is 0.564. The normalized spacial score (nSPS) is 10.4. The highest BCUT2D eigenvalue weighted by atomic mass is 35.5. The van der Waals surface area contributed by atoms with Crippen LogP contribution in [-0.4, -0.2) is 11.8 Å². The van der Waals surface area contributed by atoms with Crippen LogP contribution in [0.1, 0.15) is 12.5 Å². The molecule has 1 aromatic rings. The molecule has 0 saturated carbocycles. The van der Waals surface area contributed by atoms with E-state index in [0.717, 1.165) is 11.3 Å². The van der Waals surface area contributed by atoms with Crippen LogP contribution in [0.3, 0.4) is 0 Å². The van der Waals surface area contributed by atoms with E-state index in [0.29, 0.717) is 6.61 Å². The summed E-state index contributed by atoms with van der Waals surface area (Å²) in [7, 11) is 0. The molecule has 1 aromatic carbocycles. The average molecular weight is 211 g/mol. The van der Waals surface area contributed by atoms with Crippen molar-refractivity contribution in [2.24, 2.45) is 0 Å². The molecule has 0 radical (unpaired) electrons. The Morgan fingerprint density at radius 3 is 2.57 bits per heavy atom. The van der Waals surface area contributed by atoms with E-state index >= 15 is 0 Å². The number of hydrogen-bond acceptors (Lipinski definition) is 2. The summed E-state index contributed by atoms with van der Waals surface area (Å²) in [6.45, 7) is 2.58. The minimum absolute atomic E-state index is 0.473. The molecule has 0 aliphatic heterocycles. The molecular weight excluding hydrogens is 200 g/mol. The third-order valence-corrected chi connectivity index (χ3v) is 1.72. The molecule has 14 heavy (non-hydrogen) atoms. The van der Waals surface area contributed by atoms with Gasteiger partial charge in [-0.3, -0.25) is 4.79 Å². The Kier molecular flexibility index (Phi) is 4.20. The first-order chi connectivity index (χ1) is 6.72. The molecule has 0 heterocycles. The molecule has 0 aliphatic carbocycles. The first kappa shape index (κ1) is 10.8. The van der Waals surface area contributed by atoms with Crippen molar-refractivity contribution in [3.05, 3.63) is 35.9 Å². The van der Waals surface area contributed by atoms with Crippen LogP contribution in [0.5, 0.6) is 5.75 Å². The van der Waals surface area contributed by atoms with Gasteiger partial charge in [0.1, 0.15) is 5.75 Å². The summed E-state index contributed by atoms with van der Waals surface area (Å²) in [6, 6.07) is 7.42. The second kappa shape index (κ2) is 5.45. The fraction of sp³-hybridized carbons (Fsp3) is 0.182. The lowest BCUT2D eigenvalue weighted by Gasteiger charge is -2.01. The highest BCUT2D eigenvalue weighted by Crippen LogP contribution is 2.12. The van der Waals surface area contributed by atoms with Crippen LogP contribution in [0.4, 0.5) is 0 Å². The zero-order valence-corrected chi connectivity index (χ0v) is 8.62. The Morgan fingerprint density at radius 1 is 1.43 bits per heavy atom. The summed E-state index contributed by atoms with van der Waals surface area (Å²) in [4.78, 5) is 10.4. The summed E-state index contributed by atoms with van der Waals surface area (Å²) < 4.78 is 5.27. The van der Waals surface area contributed by atoms with Crippen molar-refractivity contribution >= 4 is 22.9 Å². The van der Waals surface area contributed by atoms with Crippen molar-refractivity contribution in [1.82, 2.24) is 0 Å². The number of benzene rings is 1. The van der Waals surface area contributed by atoms with Crippen molar-refractivity contribution in [2.75, 3.05) is 6.61 Å². The van der Waals surface area contributed by atoms with E-state index in [4.69, 9.17) is 16.3 Å². The number of carbonyl (C=O) groups excluding carboxylic acids is 1. The third-order valence-electron chi connectivity index (χ3n) is 1.60. The molecule has 2 nitrogen and oxygen atoms in total. The van der Waals surface area contributed by atoms with Gasteiger partial charge in [0.2, 0.25) is 5.24 Å². The molecule has 0 bridgehead atoms. The zero-order valence-electron chi connectivity index (χ0n) is 7.87. The van der Waals surface area contributed by atoms with Gasteiger partial charge in [-0.15, -0.1) is 0 Å². The Bertz CT molecular complexity index is 328. The number of allylic oxidation sites excluding steroid dienone is 1. The Hall–Kier alpha value is -1.28. The summed E-state index contributed by atoms with van der Waals surface area (Å²) in [6.07, 6.45) is 2.97. The summed E-state index contributed by atoms with van der Waals surface area (Å²) in [5, 5.41) is -0.473. The monoisotopic (exact) mass is 210 g/mol. The van der Waals surface area contributed by atoms with E-state index in [-0.39, 0.29) is 0 Å². The van der Waals surface area contributed by atoms with Gasteiger partial charge in [0.05, 0.1) is 6.61 Å². The van der Waals surface area contributed by atoms with E-state index in [1.165, 1.54) is 6.08 Å². The van der Waals surface area contributed by atoms with Crippen LogP contribution in [-0.2, 0) is 4.79 Å². The highest BCUT2D eigenvalue weighted by Gasteiger charge is 1.92. The molecule has 0 atom stereocenters. The summed E-state index contributed by atoms with van der Waals surface area (Å²) in [5.41, 5.74) is 0.919. The smallest absolute Gasteiger partial charge is 0.245 e. The first-order valence-corrected chi connectivity index (χ1v) is 4.70. The van der Waals surface area contributed by atoms with Crippen LogP contribution >= 0.6 is 11.6 Å². The summed E-state index contributed by atoms with van der Waals surface area (Å²) in [5.74, 6) is 0.821. The molecule has 3 heteroatoms. The minimum Gasteiger partial charge on any atom is -0.494 e. The number of rotatable bonds is 4. The van der Waals surface area contributed by atoms with Gasteiger partial charge in [0, 0.05) is 0 Å². The largest absolute Gasteiger partial charge is 0.494 e. The maximum Gasteiger partial charge on any atom is 0.245 e. The van der Waals surface area contributed by atoms with Crippen molar-refractivity contribution in [2.45, 2.75) is 6.92 Å². The second-order valence-electron chi connectivity index (χ2n) is 2.64. The maximum atomic E-state index is 10.4. The molecule has 0 N–H and O–H groups in total. The van der Waals surface area contributed by atoms with E-state index in [9.17, 15) is 4.79 Å². The zero-order chi connectivity index (χ0) is 10.4. The van der Waals surface area contributed by atoms with E-state index in [1.54, 1.807) is 6.08 Å². The summed E-state index contributed by atoms with van der Waals surface area (Å²) >= 11 is 5.16. The number of ether oxygens (including phenoxy) is 1. The van der Waals surface area contributed by atoms with Crippen molar-refractivity contribution in [1.29, 1.82) is 0 Å². The van der Waals surface area contributed by atoms with E-state index < -0.39 is 5.24 Å². The van der Waals surface area contributed by atoms with E-state index in [1.807, 2.05) is 31.2 Å². The predicted octanol–water partition coefficient (Wildman–Crippen LogP) is 2.86. The SMILES string of the molecule is CCOc1ccc(/C=C/C(=O)Cl)cc1. The lowest BCUT2D eigenvalue weighted by atomic mass is 10.2. The Morgan fingerprint density at radius 2 is 2.07 bits per heavy atom. The molecule has 0 aromatic heterocycles. The van der Waals surface area contributed by atoms with Crippen LogP contribution in [0, 0.1) is 0 Å². The van der Waals surface area contributed by atoms with Crippen LogP contribution in [0.2, 0.25) is 0 Å². The van der Waals surface area contributed by atoms with Crippen molar-refractivity contribution in [3.63, 3.8) is 0 Å². The van der Waals surface area contributed by atoms with Crippen molar-refractivity contribution < 1.29 is 9.53 Å². The first-order valence-electron chi connectivity index (χ1n) is 4.33. The fourth-order valence-corrected chi connectivity index (χ4v) is 1.07. The lowest BCUT2D eigenvalue weighted by Crippen LogP contribution is -1.90. The topological polar surface area (TPSA) is 26.3 Å². The molecule has 0 saturated heterocycles. The van der Waals surface area contributed by atoms with Crippen LogP contribution in [0.25, 0.3) is 6.08 Å². The predicted molar refractivity (Wildman–Crippen MR) is 57.5 cm³/mol. The van der Waals surface area contributed by atoms with Gasteiger partial charge in [-0.2, -0.15) is 0 Å². The van der Waals surface area contributed by atoms with Gasteiger partial charge in [-0.25, -0.2) is 0 Å². The standard InChI is InChI=1S/C11H11ClO2/c1-2-14-10-6-3-9(4-7-10)5-8-11(12)13/h3-8H,2H2,1H3/b8-5+. The maximum absolute atomic E-state index is 10.4. The Labute approximate surface area is 88.1 Å². The molecule has 1 rings (SSSR count). The fourth-order valence-electron chi connectivity index (χ4n) is 1.00. The van der Waals surface area contributed by atoms with Gasteiger partial charge < -0.3 is 4.74 Å². The number of halogens is 1. The molecule has 0 amide bonds. The van der Waals surface area contributed by atoms with Gasteiger partial charge in [0.25, 0.3) is 0 Å². The lowest BCUT2D eigenvalue weighted by molar-refractivity contribution is -0.107. The average Bonchev–Trinajstić information content (AvgIpc) is 2.17. The van der Waals surface area contributed by atoms with Crippen LogP contribution < -0.4 is 4.74 Å². The van der Waals surface area contributed by atoms with Gasteiger partial charge in [-0.1, -0.05) is 18.2 Å². The van der Waals surface area contributed by atoms with Gasteiger partial charge >= 0.3 is 0 Å². The molecular formula is C11H11ClO2. The molecule has 0 aliphatic rings. The van der Waals surface area contributed by atoms with Crippen molar-refractivity contribution in [3.8, 4) is 5.75 Å². The highest BCUT2D eigenvalue weighted by molar-refractivity contribution is 6.66. The van der Waals surface area contributed by atoms with Gasteiger partial charge in [0.15, 0.2) is 0 Å². The van der Waals surface area contributed by atoms with E-state index in [2.05, 4.69) is 0 Å². The third kappa shape index (κ3) is 3.62. The molecule has 0 unspecified atom stereocenters. The number of hydrogen-bond donors (Lipinski definition) is 0. The molecule has 0 fully saturated rings. The number of carbonyl (C=O) groups is 1. The minimum atomic E-state index is -0.473.